The Morgan fingerprint density at radius 1 is 1.23 bits per heavy atom. The summed E-state index contributed by atoms with van der Waals surface area (Å²) in [6.07, 6.45) is 0.408. The van der Waals surface area contributed by atoms with Gasteiger partial charge in [-0.15, -0.1) is 0 Å². The minimum Gasteiger partial charge on any atom is -0.383 e. The number of nitrogens with two attached hydrogens (primary N) is 1. The SMILES string of the molecule is CN1CCN(c2ccc(C(=O)NCCc3nc(N)cc(=O)[nH]3)cc2)CC1. The topological polar surface area (TPSA) is 107 Å². The molecule has 1 aliphatic heterocycles. The van der Waals surface area contributed by atoms with E-state index in [2.05, 4.69) is 32.1 Å². The molecule has 0 bridgehead atoms. The maximum Gasteiger partial charge on any atom is 0.252 e. The van der Waals surface area contributed by atoms with Gasteiger partial charge in [-0.25, -0.2) is 4.98 Å². The van der Waals surface area contributed by atoms with E-state index in [1.165, 1.54) is 6.07 Å². The van der Waals surface area contributed by atoms with Crippen LogP contribution in [-0.2, 0) is 6.42 Å². The highest BCUT2D eigenvalue weighted by Crippen LogP contribution is 2.17. The van der Waals surface area contributed by atoms with Crippen LogP contribution in [0.2, 0.25) is 0 Å². The first-order valence-corrected chi connectivity index (χ1v) is 8.69. The highest BCUT2D eigenvalue weighted by atomic mass is 16.1. The molecule has 1 aromatic carbocycles. The van der Waals surface area contributed by atoms with Gasteiger partial charge in [0, 0.05) is 56.5 Å². The number of benzene rings is 1. The monoisotopic (exact) mass is 356 g/mol. The summed E-state index contributed by atoms with van der Waals surface area (Å²) in [6.45, 7) is 4.44. The second-order valence-corrected chi connectivity index (χ2v) is 6.46. The summed E-state index contributed by atoms with van der Waals surface area (Å²) in [5.41, 5.74) is 6.99. The average molecular weight is 356 g/mol. The van der Waals surface area contributed by atoms with Crippen molar-refractivity contribution in [3.63, 3.8) is 0 Å². The van der Waals surface area contributed by atoms with Gasteiger partial charge in [0.25, 0.3) is 11.5 Å². The fourth-order valence-electron chi connectivity index (χ4n) is 2.93. The number of nitrogens with one attached hydrogen (secondary N) is 2. The molecule has 3 rings (SSSR count). The molecule has 26 heavy (non-hydrogen) atoms. The highest BCUT2D eigenvalue weighted by molar-refractivity contribution is 5.94. The molecule has 8 nitrogen and oxygen atoms in total. The molecule has 0 atom stereocenters. The number of carbonyl (C=O) groups is 1. The van der Waals surface area contributed by atoms with Gasteiger partial charge in [-0.1, -0.05) is 0 Å². The quantitative estimate of drug-likeness (QED) is 0.700. The van der Waals surface area contributed by atoms with Crippen molar-refractivity contribution >= 4 is 17.4 Å². The van der Waals surface area contributed by atoms with E-state index in [1.54, 1.807) is 0 Å². The number of aromatic amines is 1. The molecular formula is C18H24N6O2. The normalized spacial score (nSPS) is 15.0. The highest BCUT2D eigenvalue weighted by Gasteiger charge is 2.14. The van der Waals surface area contributed by atoms with Crippen molar-refractivity contribution in [3.8, 4) is 0 Å². The molecule has 4 N–H and O–H groups in total. The van der Waals surface area contributed by atoms with E-state index < -0.39 is 0 Å². The molecule has 1 amide bonds. The van der Waals surface area contributed by atoms with Gasteiger partial charge < -0.3 is 25.8 Å². The van der Waals surface area contributed by atoms with E-state index in [9.17, 15) is 9.59 Å². The zero-order valence-electron chi connectivity index (χ0n) is 14.9. The van der Waals surface area contributed by atoms with Gasteiger partial charge in [0.1, 0.15) is 11.6 Å². The van der Waals surface area contributed by atoms with Crippen LogP contribution in [0.3, 0.4) is 0 Å². The van der Waals surface area contributed by atoms with E-state index in [-0.39, 0.29) is 17.3 Å². The van der Waals surface area contributed by atoms with E-state index >= 15 is 0 Å². The third kappa shape index (κ3) is 4.60. The Balaban J connectivity index is 1.52. The molecule has 0 radical (unpaired) electrons. The molecule has 0 spiro atoms. The lowest BCUT2D eigenvalue weighted by Gasteiger charge is -2.34. The molecule has 0 saturated carbocycles. The summed E-state index contributed by atoms with van der Waals surface area (Å²) in [5.74, 6) is 0.483. The number of H-pyrrole nitrogens is 1. The van der Waals surface area contributed by atoms with E-state index in [4.69, 9.17) is 5.73 Å². The number of likely N-dealkylation sites (N-methyl/N-ethyl adjacent to an activating group) is 1. The number of rotatable bonds is 5. The predicted molar refractivity (Wildman–Crippen MR) is 101 cm³/mol. The van der Waals surface area contributed by atoms with Crippen LogP contribution in [0.25, 0.3) is 0 Å². The number of piperazine rings is 1. The number of hydrogen-bond donors (Lipinski definition) is 3. The Hall–Kier alpha value is -2.87. The van der Waals surface area contributed by atoms with Crippen LogP contribution >= 0.6 is 0 Å². The van der Waals surface area contributed by atoms with Crippen LogP contribution in [-0.4, -0.2) is 60.5 Å². The zero-order valence-corrected chi connectivity index (χ0v) is 14.9. The smallest absolute Gasteiger partial charge is 0.252 e. The number of aromatic nitrogens is 2. The summed E-state index contributed by atoms with van der Waals surface area (Å²) in [5, 5.41) is 2.83. The van der Waals surface area contributed by atoms with Crippen LogP contribution in [0.15, 0.2) is 35.1 Å². The number of nitrogen functional groups attached to an aromatic ring is 1. The van der Waals surface area contributed by atoms with Crippen LogP contribution in [0, 0.1) is 0 Å². The van der Waals surface area contributed by atoms with Gasteiger partial charge in [-0.05, 0) is 31.3 Å². The molecule has 2 heterocycles. The predicted octanol–water partition coefficient (Wildman–Crippen LogP) is 0.0764. The average Bonchev–Trinajstić information content (AvgIpc) is 2.62. The minimum absolute atomic E-state index is 0.152. The van der Waals surface area contributed by atoms with E-state index in [0.717, 1.165) is 31.9 Å². The molecule has 1 saturated heterocycles. The maximum atomic E-state index is 12.3. The van der Waals surface area contributed by atoms with Crippen molar-refractivity contribution in [3.05, 3.63) is 52.1 Å². The van der Waals surface area contributed by atoms with Gasteiger partial charge >= 0.3 is 0 Å². The lowest BCUT2D eigenvalue weighted by atomic mass is 10.1. The number of anilines is 2. The van der Waals surface area contributed by atoms with Gasteiger partial charge in [0.05, 0.1) is 0 Å². The molecule has 1 fully saturated rings. The first-order chi connectivity index (χ1) is 12.5. The Bertz CT molecular complexity index is 809. The summed E-state index contributed by atoms with van der Waals surface area (Å²) in [7, 11) is 2.12. The van der Waals surface area contributed by atoms with Gasteiger partial charge in [0.15, 0.2) is 0 Å². The third-order valence-corrected chi connectivity index (χ3v) is 4.46. The second-order valence-electron chi connectivity index (χ2n) is 6.46. The van der Waals surface area contributed by atoms with E-state index in [0.29, 0.717) is 24.4 Å². The zero-order chi connectivity index (χ0) is 18.5. The molecule has 0 unspecified atom stereocenters. The molecule has 1 aliphatic rings. The first-order valence-electron chi connectivity index (χ1n) is 8.69. The van der Waals surface area contributed by atoms with Crippen molar-refractivity contribution < 1.29 is 4.79 Å². The lowest BCUT2D eigenvalue weighted by Crippen LogP contribution is -2.44. The Labute approximate surface area is 152 Å². The fourth-order valence-corrected chi connectivity index (χ4v) is 2.93. The molecule has 8 heteroatoms. The lowest BCUT2D eigenvalue weighted by molar-refractivity contribution is 0.0954. The van der Waals surface area contributed by atoms with Crippen molar-refractivity contribution in [2.75, 3.05) is 50.4 Å². The minimum atomic E-state index is -0.293. The Morgan fingerprint density at radius 3 is 2.58 bits per heavy atom. The van der Waals surface area contributed by atoms with Crippen molar-refractivity contribution in [1.29, 1.82) is 0 Å². The molecular weight excluding hydrogens is 332 g/mol. The standard InChI is InChI=1S/C18H24N6O2/c1-23-8-10-24(11-9-23)14-4-2-13(3-5-14)18(26)20-7-6-16-21-15(19)12-17(25)22-16/h2-5,12H,6-11H2,1H3,(H,20,26)(H3,19,21,22,25). The number of nitrogens with zero attached hydrogens (tertiary/aromatic N) is 3. The Kier molecular flexibility index (Phi) is 5.52. The van der Waals surface area contributed by atoms with Gasteiger partial charge in [-0.2, -0.15) is 0 Å². The van der Waals surface area contributed by atoms with Crippen LogP contribution in [0.4, 0.5) is 11.5 Å². The molecule has 1 aromatic heterocycles. The van der Waals surface area contributed by atoms with Crippen molar-refractivity contribution in [2.45, 2.75) is 6.42 Å². The van der Waals surface area contributed by atoms with E-state index in [1.807, 2.05) is 24.3 Å². The number of carbonyl (C=O) groups excluding carboxylic acids is 1. The van der Waals surface area contributed by atoms with Crippen LogP contribution in [0.5, 0.6) is 0 Å². The maximum absolute atomic E-state index is 12.3. The Morgan fingerprint density at radius 2 is 1.92 bits per heavy atom. The number of amides is 1. The van der Waals surface area contributed by atoms with Crippen LogP contribution < -0.4 is 21.5 Å². The van der Waals surface area contributed by atoms with Crippen molar-refractivity contribution in [2.24, 2.45) is 0 Å². The van der Waals surface area contributed by atoms with Gasteiger partial charge in [-0.3, -0.25) is 9.59 Å². The summed E-state index contributed by atoms with van der Waals surface area (Å²) in [4.78, 5) is 34.9. The summed E-state index contributed by atoms with van der Waals surface area (Å²) >= 11 is 0. The summed E-state index contributed by atoms with van der Waals surface area (Å²) < 4.78 is 0. The largest absolute Gasteiger partial charge is 0.383 e. The first kappa shape index (κ1) is 17.9. The molecule has 138 valence electrons. The second kappa shape index (κ2) is 8.01. The van der Waals surface area contributed by atoms with Gasteiger partial charge in [0.2, 0.25) is 0 Å². The number of hydrogen-bond acceptors (Lipinski definition) is 6. The summed E-state index contributed by atoms with van der Waals surface area (Å²) in [6, 6.07) is 8.87. The third-order valence-electron chi connectivity index (χ3n) is 4.46. The molecule has 2 aromatic rings. The van der Waals surface area contributed by atoms with Crippen LogP contribution in [0.1, 0.15) is 16.2 Å². The fraction of sp³-hybridized carbons (Fsp3) is 0.389. The molecule has 0 aliphatic carbocycles. The van der Waals surface area contributed by atoms with Crippen molar-refractivity contribution in [1.82, 2.24) is 20.2 Å².